The Hall–Kier alpha value is -3.76. The zero-order chi connectivity index (χ0) is 21.3. The van der Waals surface area contributed by atoms with Crippen LogP contribution in [0.25, 0.3) is 10.4 Å². The summed E-state index contributed by atoms with van der Waals surface area (Å²) in [5, 5.41) is 3.18. The fourth-order valence-electron chi connectivity index (χ4n) is 3.42. The Bertz CT molecular complexity index is 1290. The highest BCUT2D eigenvalue weighted by molar-refractivity contribution is 7.10. The minimum absolute atomic E-state index is 0.0339. The minimum Gasteiger partial charge on any atom is -0.320 e. The first-order chi connectivity index (χ1) is 14.5. The molecule has 4 rings (SSSR count). The molecule has 0 bridgehead atoms. The molecule has 0 aliphatic rings. The fourth-order valence-corrected chi connectivity index (χ4v) is 4.07. The standard InChI is InChI=1S/C23H18N4O2S/c1-14-12-21(30-26-14)25-23(29)22(28)18-13-20(27-11-5-4-6-19(18)27)15(2)16-7-9-17(24-3)10-8-16/h4-13,15H,1-2H3,(H,25,29). The van der Waals surface area contributed by atoms with Gasteiger partial charge in [0, 0.05) is 17.8 Å². The number of carbonyl (C=O) groups excluding carboxylic acids is 2. The number of aryl methyl sites for hydroxylation is 1. The third-order valence-corrected chi connectivity index (χ3v) is 5.78. The molecule has 0 saturated heterocycles. The van der Waals surface area contributed by atoms with Gasteiger partial charge in [0.15, 0.2) is 5.69 Å². The van der Waals surface area contributed by atoms with Gasteiger partial charge >= 0.3 is 0 Å². The molecular weight excluding hydrogens is 396 g/mol. The normalized spacial score (nSPS) is 11.8. The summed E-state index contributed by atoms with van der Waals surface area (Å²) in [7, 11) is 0. The van der Waals surface area contributed by atoms with E-state index >= 15 is 0 Å². The van der Waals surface area contributed by atoms with Gasteiger partial charge in [-0.2, -0.15) is 4.37 Å². The predicted molar refractivity (Wildman–Crippen MR) is 117 cm³/mol. The van der Waals surface area contributed by atoms with E-state index in [1.54, 1.807) is 24.3 Å². The molecule has 0 aliphatic heterocycles. The summed E-state index contributed by atoms with van der Waals surface area (Å²) in [5.74, 6) is -1.31. The van der Waals surface area contributed by atoms with E-state index < -0.39 is 11.7 Å². The molecule has 0 fully saturated rings. The number of rotatable bonds is 5. The smallest absolute Gasteiger partial charge is 0.297 e. The summed E-state index contributed by atoms with van der Waals surface area (Å²) in [5.41, 5.74) is 4.32. The molecule has 1 N–H and O–H groups in total. The molecule has 0 radical (unpaired) electrons. The molecule has 1 amide bonds. The lowest BCUT2D eigenvalue weighted by Gasteiger charge is -2.12. The average Bonchev–Trinajstić information content (AvgIpc) is 3.36. The number of fused-ring (bicyclic) bond motifs is 1. The number of aromatic nitrogens is 2. The number of hydrogen-bond acceptors (Lipinski definition) is 4. The maximum Gasteiger partial charge on any atom is 0.297 e. The van der Waals surface area contributed by atoms with Gasteiger partial charge in [0.2, 0.25) is 0 Å². The number of Topliss-reactive ketones (excluding diaryl/α,β-unsaturated/α-hetero) is 1. The predicted octanol–water partition coefficient (Wildman–Crippen LogP) is 5.23. The molecule has 1 atom stereocenters. The highest BCUT2D eigenvalue weighted by atomic mass is 32.1. The molecule has 7 heteroatoms. The molecule has 0 saturated carbocycles. The number of amides is 1. The first kappa shape index (κ1) is 19.6. The van der Waals surface area contributed by atoms with Crippen LogP contribution in [0, 0.1) is 13.5 Å². The van der Waals surface area contributed by atoms with E-state index in [4.69, 9.17) is 6.57 Å². The number of nitrogens with one attached hydrogen (secondary N) is 1. The molecule has 148 valence electrons. The van der Waals surface area contributed by atoms with Crippen LogP contribution in [-0.2, 0) is 4.79 Å². The van der Waals surface area contributed by atoms with Crippen molar-refractivity contribution in [3.63, 3.8) is 0 Å². The zero-order valence-corrected chi connectivity index (χ0v) is 17.2. The van der Waals surface area contributed by atoms with Gasteiger partial charge in [-0.05, 0) is 48.3 Å². The lowest BCUT2D eigenvalue weighted by atomic mass is 9.97. The summed E-state index contributed by atoms with van der Waals surface area (Å²) in [6.07, 6.45) is 1.88. The number of anilines is 1. The molecule has 0 aliphatic carbocycles. The minimum atomic E-state index is -0.685. The Balaban J connectivity index is 1.70. The van der Waals surface area contributed by atoms with Crippen LogP contribution >= 0.6 is 11.5 Å². The Morgan fingerprint density at radius 3 is 2.60 bits per heavy atom. The van der Waals surface area contributed by atoms with Gasteiger partial charge in [0.1, 0.15) is 5.00 Å². The zero-order valence-electron chi connectivity index (χ0n) is 16.4. The van der Waals surface area contributed by atoms with Crippen molar-refractivity contribution in [3.8, 4) is 0 Å². The molecule has 3 heterocycles. The second-order valence-corrected chi connectivity index (χ2v) is 7.78. The molecule has 6 nitrogen and oxygen atoms in total. The van der Waals surface area contributed by atoms with Crippen molar-refractivity contribution in [2.45, 2.75) is 19.8 Å². The number of benzene rings is 1. The fraction of sp³-hybridized carbons (Fsp3) is 0.130. The van der Waals surface area contributed by atoms with Crippen LogP contribution in [0.3, 0.4) is 0 Å². The number of pyridine rings is 1. The summed E-state index contributed by atoms with van der Waals surface area (Å²) in [6.45, 7) is 11.0. The third kappa shape index (κ3) is 3.61. The van der Waals surface area contributed by atoms with Crippen LogP contribution in [0.5, 0.6) is 0 Å². The second kappa shape index (κ2) is 7.93. The average molecular weight is 414 g/mol. The largest absolute Gasteiger partial charge is 0.320 e. The van der Waals surface area contributed by atoms with Gasteiger partial charge in [-0.25, -0.2) is 4.85 Å². The Morgan fingerprint density at radius 1 is 1.17 bits per heavy atom. The van der Waals surface area contributed by atoms with Gasteiger partial charge in [-0.1, -0.05) is 37.3 Å². The Kier molecular flexibility index (Phi) is 5.17. The van der Waals surface area contributed by atoms with E-state index in [1.165, 1.54) is 0 Å². The van der Waals surface area contributed by atoms with Crippen molar-refractivity contribution in [1.29, 1.82) is 0 Å². The van der Waals surface area contributed by atoms with Gasteiger partial charge < -0.3 is 9.72 Å². The molecule has 3 aromatic heterocycles. The van der Waals surface area contributed by atoms with E-state index in [0.717, 1.165) is 28.5 Å². The van der Waals surface area contributed by atoms with Crippen LogP contribution in [-0.4, -0.2) is 20.5 Å². The van der Waals surface area contributed by atoms with Crippen LogP contribution < -0.4 is 5.32 Å². The van der Waals surface area contributed by atoms with Crippen molar-refractivity contribution in [2.24, 2.45) is 0 Å². The molecule has 30 heavy (non-hydrogen) atoms. The van der Waals surface area contributed by atoms with Crippen molar-refractivity contribution in [3.05, 3.63) is 94.7 Å². The number of hydrogen-bond donors (Lipinski definition) is 1. The van der Waals surface area contributed by atoms with Gasteiger partial charge in [0.25, 0.3) is 11.7 Å². The topological polar surface area (TPSA) is 67.8 Å². The highest BCUT2D eigenvalue weighted by Crippen LogP contribution is 2.30. The van der Waals surface area contributed by atoms with Gasteiger partial charge in [-0.3, -0.25) is 9.59 Å². The van der Waals surface area contributed by atoms with Crippen molar-refractivity contribution < 1.29 is 9.59 Å². The molecule has 4 aromatic rings. The summed E-state index contributed by atoms with van der Waals surface area (Å²) in [4.78, 5) is 28.9. The van der Waals surface area contributed by atoms with E-state index in [0.29, 0.717) is 21.8 Å². The lowest BCUT2D eigenvalue weighted by Crippen LogP contribution is -2.22. The number of carbonyl (C=O) groups is 2. The highest BCUT2D eigenvalue weighted by Gasteiger charge is 2.24. The molecular formula is C23H18N4O2S. The van der Waals surface area contributed by atoms with Crippen LogP contribution in [0.15, 0.2) is 60.8 Å². The van der Waals surface area contributed by atoms with Gasteiger partial charge in [-0.15, -0.1) is 0 Å². The maximum atomic E-state index is 13.0. The second-order valence-electron chi connectivity index (χ2n) is 6.98. The van der Waals surface area contributed by atoms with Gasteiger partial charge in [0.05, 0.1) is 23.3 Å². The third-order valence-electron chi connectivity index (χ3n) is 4.99. The quantitative estimate of drug-likeness (QED) is 0.276. The maximum absolute atomic E-state index is 13.0. The van der Waals surface area contributed by atoms with Crippen molar-refractivity contribution in [2.75, 3.05) is 5.32 Å². The summed E-state index contributed by atoms with van der Waals surface area (Å²) < 4.78 is 6.05. The van der Waals surface area contributed by atoms with Crippen LogP contribution in [0.2, 0.25) is 0 Å². The monoisotopic (exact) mass is 414 g/mol. The van der Waals surface area contributed by atoms with E-state index in [2.05, 4.69) is 14.5 Å². The number of ketones is 1. The van der Waals surface area contributed by atoms with Crippen molar-refractivity contribution in [1.82, 2.24) is 8.77 Å². The van der Waals surface area contributed by atoms with Crippen LogP contribution in [0.4, 0.5) is 10.7 Å². The first-order valence-electron chi connectivity index (χ1n) is 9.34. The lowest BCUT2D eigenvalue weighted by molar-refractivity contribution is -0.112. The SMILES string of the molecule is [C-]#[N+]c1ccc(C(C)c2cc(C(=O)C(=O)Nc3cc(C)ns3)c3ccccn23)cc1. The number of nitrogens with zero attached hydrogens (tertiary/aromatic N) is 3. The van der Waals surface area contributed by atoms with Crippen molar-refractivity contribution >= 4 is 39.4 Å². The van der Waals surface area contributed by atoms with E-state index in [1.807, 2.05) is 54.8 Å². The van der Waals surface area contributed by atoms with E-state index in [9.17, 15) is 9.59 Å². The Morgan fingerprint density at radius 2 is 1.93 bits per heavy atom. The summed E-state index contributed by atoms with van der Waals surface area (Å²) in [6, 6.07) is 16.5. The first-order valence-corrected chi connectivity index (χ1v) is 10.1. The Labute approximate surface area is 177 Å². The summed E-state index contributed by atoms with van der Waals surface area (Å²) >= 11 is 1.14. The molecule has 1 aromatic carbocycles. The molecule has 0 spiro atoms. The molecule has 1 unspecified atom stereocenters. The van der Waals surface area contributed by atoms with Crippen LogP contribution in [0.1, 0.15) is 40.2 Å². The van der Waals surface area contributed by atoms with E-state index in [-0.39, 0.29) is 5.92 Å².